The Morgan fingerprint density at radius 2 is 1.83 bits per heavy atom. The lowest BCUT2D eigenvalue weighted by molar-refractivity contribution is -0.254. The van der Waals surface area contributed by atoms with Crippen LogP contribution < -0.4 is 5.11 Å². The lowest BCUT2D eigenvalue weighted by atomic mass is 10.2. The first-order valence-corrected chi connectivity index (χ1v) is 8.14. The zero-order valence-corrected chi connectivity index (χ0v) is 11.4. The molecule has 100 valence electrons. The van der Waals surface area contributed by atoms with E-state index in [1.165, 1.54) is 15.8 Å². The van der Waals surface area contributed by atoms with E-state index in [0.717, 1.165) is 37.0 Å². The molecule has 1 saturated heterocycles. The van der Waals surface area contributed by atoms with Gasteiger partial charge < -0.3 is 9.90 Å². The topological polar surface area (TPSA) is 77.5 Å². The quantitative estimate of drug-likeness (QED) is 0.819. The smallest absolute Gasteiger partial charge is 0.243 e. The van der Waals surface area contributed by atoms with E-state index in [2.05, 4.69) is 0 Å². The average molecular weight is 288 g/mol. The Morgan fingerprint density at radius 3 is 2.33 bits per heavy atom. The van der Waals surface area contributed by atoms with E-state index in [1.54, 1.807) is 0 Å². The van der Waals surface area contributed by atoms with E-state index in [0.29, 0.717) is 13.1 Å². The molecule has 0 N–H and O–H groups in total. The highest BCUT2D eigenvalue weighted by molar-refractivity contribution is 7.89. The summed E-state index contributed by atoms with van der Waals surface area (Å²) < 4.78 is 26.0. The first-order chi connectivity index (χ1) is 8.51. The van der Waals surface area contributed by atoms with Gasteiger partial charge in [-0.2, -0.15) is 4.31 Å². The zero-order valence-electron chi connectivity index (χ0n) is 9.79. The fourth-order valence-corrected chi connectivity index (χ4v) is 4.60. The van der Waals surface area contributed by atoms with Gasteiger partial charge in [0.2, 0.25) is 10.0 Å². The lowest BCUT2D eigenvalue weighted by Crippen LogP contribution is -2.31. The molecule has 0 unspecified atom stereocenters. The molecule has 1 aliphatic rings. The highest BCUT2D eigenvalue weighted by Crippen LogP contribution is 2.24. The fraction of sp³-hybridized carbons (Fsp3) is 0.545. The molecule has 0 aromatic carbocycles. The molecular weight excluding hydrogens is 274 g/mol. The molecular formula is C11H14NO4S2-. The molecule has 5 nitrogen and oxygen atoms in total. The zero-order chi connectivity index (χ0) is 13.2. The minimum Gasteiger partial charge on any atom is -0.544 e. The van der Waals surface area contributed by atoms with Crippen LogP contribution in [0.1, 0.15) is 35.4 Å². The van der Waals surface area contributed by atoms with Crippen LogP contribution in [-0.2, 0) is 10.0 Å². The highest BCUT2D eigenvalue weighted by atomic mass is 32.2. The van der Waals surface area contributed by atoms with E-state index in [1.807, 2.05) is 0 Å². The molecule has 0 amide bonds. The number of carboxylic acids is 1. The molecule has 0 saturated carbocycles. The maximum atomic E-state index is 12.3. The molecule has 1 aromatic rings. The van der Waals surface area contributed by atoms with Crippen molar-refractivity contribution in [1.29, 1.82) is 0 Å². The van der Waals surface area contributed by atoms with Crippen LogP contribution >= 0.6 is 11.3 Å². The number of hydrogen-bond donors (Lipinski definition) is 0. The van der Waals surface area contributed by atoms with Gasteiger partial charge in [-0.3, -0.25) is 0 Å². The Kier molecular flexibility index (Phi) is 4.04. The number of sulfonamides is 1. The summed E-state index contributed by atoms with van der Waals surface area (Å²) in [5, 5.41) is 12.0. The minimum absolute atomic E-state index is 0.0524. The van der Waals surface area contributed by atoms with Crippen molar-refractivity contribution in [2.75, 3.05) is 13.1 Å². The average Bonchev–Trinajstić information content (AvgIpc) is 2.66. The Hall–Kier alpha value is -0.920. The van der Waals surface area contributed by atoms with Gasteiger partial charge in [-0.15, -0.1) is 11.3 Å². The van der Waals surface area contributed by atoms with Gasteiger partial charge in [0.05, 0.1) is 15.7 Å². The molecule has 0 bridgehead atoms. The molecule has 1 aromatic heterocycles. The van der Waals surface area contributed by atoms with Crippen molar-refractivity contribution >= 4 is 27.3 Å². The number of nitrogens with zero attached hydrogens (tertiary/aromatic N) is 1. The van der Waals surface area contributed by atoms with E-state index < -0.39 is 16.0 Å². The molecule has 1 fully saturated rings. The summed E-state index contributed by atoms with van der Waals surface area (Å²) in [6.45, 7) is 1.03. The van der Waals surface area contributed by atoms with Crippen LogP contribution in [0.5, 0.6) is 0 Å². The Morgan fingerprint density at radius 1 is 1.22 bits per heavy atom. The summed E-state index contributed by atoms with van der Waals surface area (Å²) in [6.07, 6.45) is 3.80. The number of aromatic carboxylic acids is 1. The predicted molar refractivity (Wildman–Crippen MR) is 65.9 cm³/mol. The normalized spacial score (nSPS) is 18.4. The van der Waals surface area contributed by atoms with Gasteiger partial charge in [0.1, 0.15) is 0 Å². The number of thiophene rings is 1. The van der Waals surface area contributed by atoms with Gasteiger partial charge in [-0.1, -0.05) is 12.8 Å². The maximum absolute atomic E-state index is 12.3. The monoisotopic (exact) mass is 288 g/mol. The van der Waals surface area contributed by atoms with E-state index in [4.69, 9.17) is 0 Å². The number of carbonyl (C=O) groups is 1. The largest absolute Gasteiger partial charge is 0.544 e. The third-order valence-electron chi connectivity index (χ3n) is 2.98. The summed E-state index contributed by atoms with van der Waals surface area (Å²) >= 11 is 0.886. The van der Waals surface area contributed by atoms with Crippen molar-refractivity contribution in [3.63, 3.8) is 0 Å². The third-order valence-corrected chi connectivity index (χ3v) is 5.92. The maximum Gasteiger partial charge on any atom is 0.243 e. The lowest BCUT2D eigenvalue weighted by Gasteiger charge is -2.18. The van der Waals surface area contributed by atoms with Gasteiger partial charge >= 0.3 is 0 Å². The molecule has 0 aliphatic carbocycles. The second kappa shape index (κ2) is 5.38. The third kappa shape index (κ3) is 2.73. The molecule has 18 heavy (non-hydrogen) atoms. The summed E-state index contributed by atoms with van der Waals surface area (Å²) in [7, 11) is -3.55. The number of carboxylic acid groups (broad SMARTS) is 1. The number of rotatable bonds is 3. The van der Waals surface area contributed by atoms with Crippen LogP contribution in [-0.4, -0.2) is 31.8 Å². The Bertz CT molecular complexity index is 527. The van der Waals surface area contributed by atoms with Gasteiger partial charge in [-0.05, 0) is 18.9 Å². The first-order valence-electron chi connectivity index (χ1n) is 5.82. The van der Waals surface area contributed by atoms with Crippen molar-refractivity contribution in [2.24, 2.45) is 0 Å². The summed E-state index contributed by atoms with van der Waals surface area (Å²) in [4.78, 5) is 10.7. The van der Waals surface area contributed by atoms with Crippen LogP contribution in [0.2, 0.25) is 0 Å². The van der Waals surface area contributed by atoms with Gasteiger partial charge in [0.25, 0.3) is 0 Å². The first kappa shape index (κ1) is 13.5. The molecule has 7 heteroatoms. The van der Waals surface area contributed by atoms with Crippen molar-refractivity contribution in [2.45, 2.75) is 30.6 Å². The summed E-state index contributed by atoms with van der Waals surface area (Å²) in [5.41, 5.74) is 0. The number of hydrogen-bond acceptors (Lipinski definition) is 5. The van der Waals surface area contributed by atoms with Crippen LogP contribution in [0.3, 0.4) is 0 Å². The van der Waals surface area contributed by atoms with Crippen LogP contribution in [0.25, 0.3) is 0 Å². The molecule has 1 aliphatic heterocycles. The second-order valence-electron chi connectivity index (χ2n) is 4.25. The molecule has 0 atom stereocenters. The highest BCUT2D eigenvalue weighted by Gasteiger charge is 2.26. The van der Waals surface area contributed by atoms with Crippen LogP contribution in [0, 0.1) is 0 Å². The minimum atomic E-state index is -3.55. The van der Waals surface area contributed by atoms with Gasteiger partial charge in [0.15, 0.2) is 0 Å². The predicted octanol–water partition coefficient (Wildman–Crippen LogP) is 0.676. The van der Waals surface area contributed by atoms with E-state index >= 15 is 0 Å². The molecule has 0 radical (unpaired) electrons. The van der Waals surface area contributed by atoms with Crippen molar-refractivity contribution < 1.29 is 18.3 Å². The van der Waals surface area contributed by atoms with E-state index in [9.17, 15) is 18.3 Å². The van der Waals surface area contributed by atoms with Gasteiger partial charge in [-0.25, -0.2) is 8.42 Å². The number of carbonyl (C=O) groups excluding carboxylic acids is 1. The molecule has 2 rings (SSSR count). The standard InChI is InChI=1S/C11H15NO4S2/c13-11(14)10-7-9(8-17-10)18(15,16)12-5-3-1-2-4-6-12/h7-8H,1-6H2,(H,13,14)/p-1. The molecule has 2 heterocycles. The summed E-state index contributed by atoms with van der Waals surface area (Å²) in [5.74, 6) is -1.34. The Labute approximate surface area is 110 Å². The van der Waals surface area contributed by atoms with E-state index in [-0.39, 0.29) is 9.77 Å². The molecule has 0 spiro atoms. The van der Waals surface area contributed by atoms with Crippen LogP contribution in [0.15, 0.2) is 16.3 Å². The van der Waals surface area contributed by atoms with Gasteiger partial charge in [0, 0.05) is 18.5 Å². The fourth-order valence-electron chi connectivity index (χ4n) is 1.99. The summed E-state index contributed by atoms with van der Waals surface area (Å²) in [6, 6.07) is 1.18. The Balaban J connectivity index is 2.25. The second-order valence-corrected chi connectivity index (χ2v) is 7.10. The van der Waals surface area contributed by atoms with Crippen LogP contribution in [0.4, 0.5) is 0 Å². The van der Waals surface area contributed by atoms with Crippen molar-refractivity contribution in [3.8, 4) is 0 Å². The van der Waals surface area contributed by atoms with Crippen molar-refractivity contribution in [3.05, 3.63) is 16.3 Å². The van der Waals surface area contributed by atoms with Crippen molar-refractivity contribution in [1.82, 2.24) is 4.31 Å². The SMILES string of the molecule is O=C([O-])c1cc(S(=O)(=O)N2CCCCCC2)cs1.